The first kappa shape index (κ1) is 26.6. The Labute approximate surface area is 274 Å². The molecule has 0 fully saturated rings. The van der Waals surface area contributed by atoms with E-state index in [1.807, 2.05) is 91.0 Å². The number of fused-ring (bicyclic) bond motifs is 8. The van der Waals surface area contributed by atoms with Crippen molar-refractivity contribution in [1.29, 1.82) is 0 Å². The van der Waals surface area contributed by atoms with Gasteiger partial charge in [-0.25, -0.2) is 15.0 Å². The molecule has 0 saturated carbocycles. The average molecular weight is 616 g/mol. The number of nitrogens with zero attached hydrogens (tertiary/aromatic N) is 3. The maximum atomic E-state index is 6.57. The summed E-state index contributed by atoms with van der Waals surface area (Å²) < 4.78 is 12.8. The smallest absolute Gasteiger partial charge is 0.164 e. The Morgan fingerprint density at radius 1 is 0.354 bits per heavy atom. The zero-order valence-corrected chi connectivity index (χ0v) is 25.6. The molecule has 7 aromatic carbocycles. The van der Waals surface area contributed by atoms with Crippen LogP contribution in [0.5, 0.6) is 0 Å². The number of rotatable bonds is 4. The number of hydrogen-bond acceptors (Lipinski definition) is 5. The van der Waals surface area contributed by atoms with Crippen LogP contribution in [0.1, 0.15) is 0 Å². The van der Waals surface area contributed by atoms with E-state index in [9.17, 15) is 0 Å². The van der Waals surface area contributed by atoms with Gasteiger partial charge in [0.05, 0.1) is 0 Å². The molecule has 5 heteroatoms. The second-order valence-electron chi connectivity index (χ2n) is 12.0. The second-order valence-corrected chi connectivity index (χ2v) is 12.0. The first-order chi connectivity index (χ1) is 23.8. The SMILES string of the molecule is c1ccc(-c2nc(-c3ccc4ccc5oc6ccccc6c5c4c3)nc(-c3ccc(-c4ccccc4)c4oc5ccccc5c34)n2)cc1. The summed E-state index contributed by atoms with van der Waals surface area (Å²) in [6, 6.07) is 51.5. The van der Waals surface area contributed by atoms with Gasteiger partial charge in [-0.2, -0.15) is 0 Å². The van der Waals surface area contributed by atoms with Crippen molar-refractivity contribution in [3.8, 4) is 45.3 Å². The van der Waals surface area contributed by atoms with Crippen LogP contribution in [0.25, 0.3) is 99.9 Å². The molecule has 10 aromatic rings. The number of para-hydroxylation sites is 2. The Bertz CT molecular complexity index is 2840. The van der Waals surface area contributed by atoms with Crippen molar-refractivity contribution in [2.24, 2.45) is 0 Å². The van der Waals surface area contributed by atoms with Gasteiger partial charge in [-0.15, -0.1) is 0 Å². The largest absolute Gasteiger partial charge is 0.456 e. The molecule has 0 amide bonds. The zero-order valence-electron chi connectivity index (χ0n) is 25.6. The van der Waals surface area contributed by atoms with E-state index in [-0.39, 0.29) is 0 Å². The lowest BCUT2D eigenvalue weighted by Crippen LogP contribution is -2.00. The highest BCUT2D eigenvalue weighted by molar-refractivity contribution is 6.19. The number of furan rings is 2. The monoisotopic (exact) mass is 615 g/mol. The third-order valence-electron chi connectivity index (χ3n) is 9.14. The summed E-state index contributed by atoms with van der Waals surface area (Å²) in [7, 11) is 0. The molecule has 0 atom stereocenters. The molecule has 0 spiro atoms. The lowest BCUT2D eigenvalue weighted by atomic mass is 9.98. The predicted molar refractivity (Wildman–Crippen MR) is 194 cm³/mol. The van der Waals surface area contributed by atoms with Crippen molar-refractivity contribution in [1.82, 2.24) is 15.0 Å². The zero-order chi connectivity index (χ0) is 31.6. The lowest BCUT2D eigenvalue weighted by Gasteiger charge is -2.11. The van der Waals surface area contributed by atoms with Crippen LogP contribution in [0.2, 0.25) is 0 Å². The van der Waals surface area contributed by atoms with Crippen LogP contribution in [-0.2, 0) is 0 Å². The first-order valence-electron chi connectivity index (χ1n) is 15.9. The third kappa shape index (κ3) is 4.15. The molecule has 48 heavy (non-hydrogen) atoms. The molecule has 0 saturated heterocycles. The highest BCUT2D eigenvalue weighted by Gasteiger charge is 2.21. The molecule has 0 aliphatic carbocycles. The van der Waals surface area contributed by atoms with Gasteiger partial charge in [-0.1, -0.05) is 115 Å². The minimum absolute atomic E-state index is 0.585. The van der Waals surface area contributed by atoms with Crippen LogP contribution < -0.4 is 0 Å². The van der Waals surface area contributed by atoms with Crippen molar-refractivity contribution in [2.45, 2.75) is 0 Å². The number of hydrogen-bond donors (Lipinski definition) is 0. The molecule has 0 aliphatic rings. The maximum absolute atomic E-state index is 6.57. The quantitative estimate of drug-likeness (QED) is 0.197. The molecule has 224 valence electrons. The molecule has 0 bridgehead atoms. The van der Waals surface area contributed by atoms with Gasteiger partial charge in [0.2, 0.25) is 0 Å². The summed E-state index contributed by atoms with van der Waals surface area (Å²) in [5.41, 5.74) is 8.17. The van der Waals surface area contributed by atoms with Crippen molar-refractivity contribution in [3.63, 3.8) is 0 Å². The topological polar surface area (TPSA) is 65.0 Å². The van der Waals surface area contributed by atoms with Gasteiger partial charge in [0.25, 0.3) is 0 Å². The molecule has 0 unspecified atom stereocenters. The van der Waals surface area contributed by atoms with Gasteiger partial charge >= 0.3 is 0 Å². The fourth-order valence-corrected chi connectivity index (χ4v) is 6.88. The molecule has 10 rings (SSSR count). The van der Waals surface area contributed by atoms with Crippen molar-refractivity contribution in [2.75, 3.05) is 0 Å². The summed E-state index contributed by atoms with van der Waals surface area (Å²) in [6.45, 7) is 0. The van der Waals surface area contributed by atoms with E-state index >= 15 is 0 Å². The van der Waals surface area contributed by atoms with Crippen molar-refractivity contribution in [3.05, 3.63) is 152 Å². The molecular weight excluding hydrogens is 590 g/mol. The summed E-state index contributed by atoms with van der Waals surface area (Å²) in [5.74, 6) is 1.79. The fraction of sp³-hybridized carbons (Fsp3) is 0. The Hall–Kier alpha value is -6.59. The predicted octanol–water partition coefficient (Wildman–Crippen LogP) is 11.5. The summed E-state index contributed by atoms with van der Waals surface area (Å²) >= 11 is 0. The van der Waals surface area contributed by atoms with Crippen LogP contribution in [0, 0.1) is 0 Å². The lowest BCUT2D eigenvalue weighted by molar-refractivity contribution is 0.669. The average Bonchev–Trinajstić information content (AvgIpc) is 3.74. The number of benzene rings is 7. The van der Waals surface area contributed by atoms with Crippen molar-refractivity contribution < 1.29 is 8.83 Å². The van der Waals surface area contributed by atoms with Gasteiger partial charge in [0, 0.05) is 43.8 Å². The molecule has 0 N–H and O–H groups in total. The van der Waals surface area contributed by atoms with Gasteiger partial charge in [-0.3, -0.25) is 0 Å². The van der Waals surface area contributed by atoms with Gasteiger partial charge in [0.1, 0.15) is 22.3 Å². The first-order valence-corrected chi connectivity index (χ1v) is 15.9. The van der Waals surface area contributed by atoms with E-state index in [1.165, 1.54) is 0 Å². The van der Waals surface area contributed by atoms with Gasteiger partial charge in [0.15, 0.2) is 17.5 Å². The molecule has 0 aliphatic heterocycles. The van der Waals surface area contributed by atoms with Crippen LogP contribution >= 0.6 is 0 Å². The fourth-order valence-electron chi connectivity index (χ4n) is 6.88. The van der Waals surface area contributed by atoms with Gasteiger partial charge < -0.3 is 8.83 Å². The highest BCUT2D eigenvalue weighted by atomic mass is 16.3. The minimum Gasteiger partial charge on any atom is -0.456 e. The molecule has 3 heterocycles. The molecule has 3 aromatic heterocycles. The Morgan fingerprint density at radius 3 is 1.71 bits per heavy atom. The van der Waals surface area contributed by atoms with E-state index in [0.29, 0.717) is 17.5 Å². The van der Waals surface area contributed by atoms with Gasteiger partial charge in [-0.05, 0) is 52.7 Å². The Morgan fingerprint density at radius 2 is 0.938 bits per heavy atom. The van der Waals surface area contributed by atoms with E-state index in [0.717, 1.165) is 82.5 Å². The van der Waals surface area contributed by atoms with Crippen LogP contribution in [-0.4, -0.2) is 15.0 Å². The van der Waals surface area contributed by atoms with E-state index in [4.69, 9.17) is 23.8 Å². The van der Waals surface area contributed by atoms with Crippen molar-refractivity contribution >= 4 is 54.6 Å². The third-order valence-corrected chi connectivity index (χ3v) is 9.14. The van der Waals surface area contributed by atoms with Crippen LogP contribution in [0.15, 0.2) is 160 Å². The highest BCUT2D eigenvalue weighted by Crippen LogP contribution is 2.42. The molecule has 5 nitrogen and oxygen atoms in total. The molecular formula is C43H25N3O2. The number of aromatic nitrogens is 3. The van der Waals surface area contributed by atoms with E-state index in [1.54, 1.807) is 0 Å². The van der Waals surface area contributed by atoms with E-state index < -0.39 is 0 Å². The maximum Gasteiger partial charge on any atom is 0.164 e. The summed E-state index contributed by atoms with van der Waals surface area (Å²) in [6.07, 6.45) is 0. The summed E-state index contributed by atoms with van der Waals surface area (Å²) in [4.78, 5) is 15.4. The second kappa shape index (κ2) is 10.5. The van der Waals surface area contributed by atoms with Crippen LogP contribution in [0.3, 0.4) is 0 Å². The normalized spacial score (nSPS) is 11.8. The molecule has 0 radical (unpaired) electrons. The Balaban J connectivity index is 1.25. The van der Waals surface area contributed by atoms with E-state index in [2.05, 4.69) is 60.7 Å². The standard InChI is InChI=1S/C43H25N3O2/c1-3-11-26(12-4-1)30-22-23-33(39-32-16-8-10-18-36(32)48-40(30)39)43-45-41(28-13-5-2-6-14-28)44-42(46-43)29-20-19-27-21-24-37-38(34(27)25-29)31-15-7-9-17-35(31)47-37/h1-25H. The summed E-state index contributed by atoms with van der Waals surface area (Å²) in [5, 5.41) is 6.39. The van der Waals surface area contributed by atoms with Crippen LogP contribution in [0.4, 0.5) is 0 Å². The Kier molecular flexibility index (Phi) is 5.81. The minimum atomic E-state index is 0.585.